The fourth-order valence-electron chi connectivity index (χ4n) is 2.90. The molecule has 1 atom stereocenters. The molecule has 2 aromatic rings. The second kappa shape index (κ2) is 6.39. The van der Waals surface area contributed by atoms with Crippen LogP contribution in [0, 0.1) is 0 Å². The highest BCUT2D eigenvalue weighted by Gasteiger charge is 2.37. The first-order valence-corrected chi connectivity index (χ1v) is 10.0. The Morgan fingerprint density at radius 2 is 2.00 bits per heavy atom. The predicted octanol–water partition coefficient (Wildman–Crippen LogP) is 1.91. The quantitative estimate of drug-likeness (QED) is 0.800. The summed E-state index contributed by atoms with van der Waals surface area (Å²) in [6, 6.07) is 9.33. The molecule has 1 saturated carbocycles. The second-order valence-corrected chi connectivity index (χ2v) is 8.58. The highest BCUT2D eigenvalue weighted by molar-refractivity contribution is 7.90. The second-order valence-electron chi connectivity index (χ2n) is 6.39. The van der Waals surface area contributed by atoms with E-state index in [1.165, 1.54) is 12.5 Å². The van der Waals surface area contributed by atoms with Crippen LogP contribution in [0.1, 0.15) is 30.1 Å². The maximum Gasteiger partial charge on any atom is 0.257 e. The molecule has 1 unspecified atom stereocenters. The van der Waals surface area contributed by atoms with Gasteiger partial charge in [-0.15, -0.1) is 0 Å². The van der Waals surface area contributed by atoms with Crippen LogP contribution in [-0.2, 0) is 9.84 Å². The molecule has 1 aliphatic rings. The zero-order chi connectivity index (χ0) is 17.3. The number of aromatic nitrogens is 2. The molecular weight excluding hydrogens is 326 g/mol. The number of carbonyl (C=O) groups excluding carboxylic acids is 1. The van der Waals surface area contributed by atoms with Gasteiger partial charge in [0.15, 0.2) is 0 Å². The number of hydrogen-bond donors (Lipinski definition) is 0. The number of nitrogens with zero attached hydrogens (tertiary/aromatic N) is 3. The summed E-state index contributed by atoms with van der Waals surface area (Å²) in [4.78, 5) is 14.6. The Hall–Kier alpha value is -2.15. The minimum atomic E-state index is -3.14. The van der Waals surface area contributed by atoms with Gasteiger partial charge in [0.05, 0.1) is 23.2 Å². The van der Waals surface area contributed by atoms with Crippen LogP contribution in [0.3, 0.4) is 0 Å². The van der Waals surface area contributed by atoms with E-state index in [-0.39, 0.29) is 23.7 Å². The lowest BCUT2D eigenvalue weighted by molar-refractivity contribution is 0.0693. The molecule has 1 aromatic heterocycles. The number of rotatable bonds is 6. The van der Waals surface area contributed by atoms with Crippen LogP contribution < -0.4 is 0 Å². The molecule has 0 N–H and O–H groups in total. The average molecular weight is 347 g/mol. The monoisotopic (exact) mass is 347 g/mol. The Labute approximate surface area is 142 Å². The number of carbonyl (C=O) groups is 1. The normalized spacial score (nSPS) is 15.9. The molecule has 1 heterocycles. The zero-order valence-corrected chi connectivity index (χ0v) is 14.6. The molecule has 0 aliphatic heterocycles. The molecule has 1 amide bonds. The molecule has 6 nitrogen and oxygen atoms in total. The topological polar surface area (TPSA) is 72.3 Å². The van der Waals surface area contributed by atoms with Gasteiger partial charge >= 0.3 is 0 Å². The molecule has 0 spiro atoms. The van der Waals surface area contributed by atoms with Gasteiger partial charge in [-0.2, -0.15) is 5.10 Å². The van der Waals surface area contributed by atoms with E-state index in [4.69, 9.17) is 0 Å². The van der Waals surface area contributed by atoms with Crippen molar-refractivity contribution in [3.8, 4) is 5.69 Å². The molecule has 0 radical (unpaired) electrons. The molecule has 0 bridgehead atoms. The number of sulfone groups is 1. The summed E-state index contributed by atoms with van der Waals surface area (Å²) in [5.41, 5.74) is 1.35. The summed E-state index contributed by atoms with van der Waals surface area (Å²) in [5.74, 6) is -0.182. The van der Waals surface area contributed by atoms with E-state index in [0.29, 0.717) is 5.56 Å². The summed E-state index contributed by atoms with van der Waals surface area (Å²) in [7, 11) is -3.14. The van der Waals surface area contributed by atoms with E-state index in [1.807, 2.05) is 30.3 Å². The van der Waals surface area contributed by atoms with E-state index >= 15 is 0 Å². The largest absolute Gasteiger partial charge is 0.332 e. The molecule has 0 saturated heterocycles. The summed E-state index contributed by atoms with van der Waals surface area (Å²) in [6.07, 6.45) is 6.28. The zero-order valence-electron chi connectivity index (χ0n) is 13.8. The van der Waals surface area contributed by atoms with E-state index in [9.17, 15) is 13.2 Å². The van der Waals surface area contributed by atoms with Crippen LogP contribution in [0.15, 0.2) is 42.7 Å². The number of amides is 1. The van der Waals surface area contributed by atoms with Crippen molar-refractivity contribution in [3.05, 3.63) is 48.3 Å². The summed E-state index contributed by atoms with van der Waals surface area (Å²) >= 11 is 0. The third-order valence-corrected chi connectivity index (χ3v) is 5.13. The van der Waals surface area contributed by atoms with E-state index < -0.39 is 9.84 Å². The Morgan fingerprint density at radius 3 is 2.58 bits per heavy atom. The maximum absolute atomic E-state index is 12.9. The SMILES string of the molecule is CC(CS(C)(=O)=O)N(C(=O)c1cnn(-c2ccccc2)c1)C1CC1. The van der Waals surface area contributed by atoms with Gasteiger partial charge in [0.25, 0.3) is 5.91 Å². The van der Waals surface area contributed by atoms with Crippen LogP contribution in [0.5, 0.6) is 0 Å². The smallest absolute Gasteiger partial charge is 0.257 e. The highest BCUT2D eigenvalue weighted by atomic mass is 32.2. The maximum atomic E-state index is 12.9. The predicted molar refractivity (Wildman–Crippen MR) is 91.9 cm³/mol. The van der Waals surface area contributed by atoms with Crippen LogP contribution in [0.2, 0.25) is 0 Å². The van der Waals surface area contributed by atoms with E-state index in [2.05, 4.69) is 5.10 Å². The first-order valence-electron chi connectivity index (χ1n) is 7.95. The molecule has 1 aromatic carbocycles. The standard InChI is InChI=1S/C17H21N3O3S/c1-13(12-24(2,22)23)20(16-8-9-16)17(21)14-10-18-19(11-14)15-6-4-3-5-7-15/h3-7,10-11,13,16H,8-9,12H2,1-2H3. The Bertz CT molecular complexity index is 826. The van der Waals surface area contributed by atoms with Gasteiger partial charge in [0.2, 0.25) is 0 Å². The Morgan fingerprint density at radius 1 is 1.33 bits per heavy atom. The lowest BCUT2D eigenvalue weighted by Crippen LogP contribution is -2.43. The molecule has 3 rings (SSSR count). The van der Waals surface area contributed by atoms with Gasteiger partial charge in [-0.25, -0.2) is 13.1 Å². The summed E-state index contributed by atoms with van der Waals surface area (Å²) < 4.78 is 24.8. The van der Waals surface area contributed by atoms with Crippen molar-refractivity contribution < 1.29 is 13.2 Å². The minimum Gasteiger partial charge on any atom is -0.332 e. The van der Waals surface area contributed by atoms with Gasteiger partial charge in [-0.3, -0.25) is 4.79 Å². The Balaban J connectivity index is 1.82. The Kier molecular flexibility index (Phi) is 4.45. The molecule has 1 aliphatic carbocycles. The molecule has 128 valence electrons. The number of para-hydroxylation sites is 1. The molecule has 24 heavy (non-hydrogen) atoms. The van der Waals surface area contributed by atoms with Crippen molar-refractivity contribution in [3.63, 3.8) is 0 Å². The van der Waals surface area contributed by atoms with Gasteiger partial charge in [0, 0.05) is 24.5 Å². The van der Waals surface area contributed by atoms with Crippen molar-refractivity contribution >= 4 is 15.7 Å². The van der Waals surface area contributed by atoms with Crippen molar-refractivity contribution in [1.29, 1.82) is 0 Å². The van der Waals surface area contributed by atoms with Crippen molar-refractivity contribution in [2.45, 2.75) is 31.8 Å². The molecule has 1 fully saturated rings. The van der Waals surface area contributed by atoms with Crippen molar-refractivity contribution in [1.82, 2.24) is 14.7 Å². The van der Waals surface area contributed by atoms with Crippen molar-refractivity contribution in [2.75, 3.05) is 12.0 Å². The highest BCUT2D eigenvalue weighted by Crippen LogP contribution is 2.30. The fraction of sp³-hybridized carbons (Fsp3) is 0.412. The summed E-state index contributed by atoms with van der Waals surface area (Å²) in [5, 5.41) is 4.25. The van der Waals surface area contributed by atoms with Crippen molar-refractivity contribution in [2.24, 2.45) is 0 Å². The molecule has 7 heteroatoms. The lowest BCUT2D eigenvalue weighted by atomic mass is 10.2. The third-order valence-electron chi connectivity index (χ3n) is 4.04. The van der Waals surface area contributed by atoms with Crippen LogP contribution >= 0.6 is 0 Å². The van der Waals surface area contributed by atoms with Gasteiger partial charge in [0.1, 0.15) is 9.84 Å². The third kappa shape index (κ3) is 3.84. The average Bonchev–Trinajstić information content (AvgIpc) is 3.21. The number of benzene rings is 1. The van der Waals surface area contributed by atoms with Crippen LogP contribution in [-0.4, -0.2) is 53.1 Å². The van der Waals surface area contributed by atoms with E-state index in [1.54, 1.807) is 22.7 Å². The van der Waals surface area contributed by atoms with Gasteiger partial charge in [-0.05, 0) is 31.9 Å². The van der Waals surface area contributed by atoms with Crippen LogP contribution in [0.25, 0.3) is 5.69 Å². The minimum absolute atomic E-state index is 0.0257. The molecular formula is C17H21N3O3S. The number of hydrogen-bond acceptors (Lipinski definition) is 4. The van der Waals surface area contributed by atoms with Crippen LogP contribution in [0.4, 0.5) is 0 Å². The first kappa shape index (κ1) is 16.7. The van der Waals surface area contributed by atoms with Gasteiger partial charge < -0.3 is 4.90 Å². The van der Waals surface area contributed by atoms with E-state index in [0.717, 1.165) is 18.5 Å². The summed E-state index contributed by atoms with van der Waals surface area (Å²) in [6.45, 7) is 1.79. The lowest BCUT2D eigenvalue weighted by Gasteiger charge is -2.28. The van der Waals surface area contributed by atoms with Gasteiger partial charge in [-0.1, -0.05) is 18.2 Å². The first-order chi connectivity index (χ1) is 11.3. The fourth-order valence-corrected chi connectivity index (χ4v) is 3.94.